The molecule has 3 aromatic rings. The average Bonchev–Trinajstić information content (AvgIpc) is 2.98. The van der Waals surface area contributed by atoms with E-state index in [0.717, 1.165) is 16.9 Å². The van der Waals surface area contributed by atoms with Gasteiger partial charge in [-0.3, -0.25) is 0 Å². The summed E-state index contributed by atoms with van der Waals surface area (Å²) in [6.45, 7) is 2.07. The van der Waals surface area contributed by atoms with Crippen molar-refractivity contribution in [1.82, 2.24) is 0 Å². The van der Waals surface area contributed by atoms with Gasteiger partial charge >= 0.3 is 0 Å². The van der Waals surface area contributed by atoms with Gasteiger partial charge in [0.15, 0.2) is 0 Å². The normalized spacial score (nSPS) is 12.8. The van der Waals surface area contributed by atoms with Crippen LogP contribution in [0.3, 0.4) is 0 Å². The van der Waals surface area contributed by atoms with E-state index in [9.17, 15) is 0 Å². The van der Waals surface area contributed by atoms with E-state index in [1.165, 1.54) is 14.3 Å². The Kier molecular flexibility index (Phi) is 3.52. The molecule has 0 spiro atoms. The number of thiophene rings is 2. The predicted octanol–water partition coefficient (Wildman–Crippen LogP) is 5.61. The van der Waals surface area contributed by atoms with Gasteiger partial charge in [0.1, 0.15) is 5.75 Å². The summed E-state index contributed by atoms with van der Waals surface area (Å²) in [7, 11) is 1.68. The van der Waals surface area contributed by atoms with E-state index >= 15 is 0 Å². The van der Waals surface area contributed by atoms with E-state index in [-0.39, 0.29) is 5.38 Å². The van der Waals surface area contributed by atoms with Crippen molar-refractivity contribution in [2.24, 2.45) is 0 Å². The molecule has 0 fully saturated rings. The molecule has 0 saturated heterocycles. The zero-order chi connectivity index (χ0) is 13.4. The minimum atomic E-state index is -0.0875. The van der Waals surface area contributed by atoms with Crippen LogP contribution in [0, 0.1) is 6.92 Å². The smallest absolute Gasteiger partial charge is 0.119 e. The maximum absolute atomic E-state index is 6.64. The molecular weight excluding hydrogens is 296 g/mol. The van der Waals surface area contributed by atoms with Crippen molar-refractivity contribution in [3.05, 3.63) is 51.7 Å². The molecule has 0 aliphatic carbocycles. The van der Waals surface area contributed by atoms with Crippen molar-refractivity contribution >= 4 is 43.7 Å². The number of aryl methyl sites for hydroxylation is 1. The van der Waals surface area contributed by atoms with Crippen LogP contribution in [0.1, 0.15) is 21.4 Å². The molecule has 0 bridgehead atoms. The second-order valence-corrected chi connectivity index (χ2v) is 6.88. The van der Waals surface area contributed by atoms with Gasteiger partial charge in [-0.05, 0) is 47.7 Å². The van der Waals surface area contributed by atoms with Gasteiger partial charge in [-0.1, -0.05) is 6.07 Å². The summed E-state index contributed by atoms with van der Waals surface area (Å²) < 4.78 is 7.87. The predicted molar refractivity (Wildman–Crippen MR) is 85.1 cm³/mol. The molecule has 1 nitrogen and oxygen atoms in total. The van der Waals surface area contributed by atoms with Crippen molar-refractivity contribution in [3.8, 4) is 5.75 Å². The Morgan fingerprint density at radius 2 is 2.00 bits per heavy atom. The molecule has 1 unspecified atom stereocenters. The quantitative estimate of drug-likeness (QED) is 0.572. The molecular formula is C15H13ClOS2. The number of methoxy groups -OCH3 is 1. The van der Waals surface area contributed by atoms with Crippen LogP contribution in [-0.2, 0) is 0 Å². The molecule has 0 radical (unpaired) electrons. The largest absolute Gasteiger partial charge is 0.497 e. The SMILES string of the molecule is COc1ccc(C(Cl)c2cc3sccc3s2)c(C)c1. The molecule has 0 amide bonds. The molecule has 98 valence electrons. The Balaban J connectivity index is 1.99. The van der Waals surface area contributed by atoms with Crippen molar-refractivity contribution in [2.75, 3.05) is 7.11 Å². The van der Waals surface area contributed by atoms with Crippen LogP contribution in [0.2, 0.25) is 0 Å². The third kappa shape index (κ3) is 2.38. The second-order valence-electron chi connectivity index (χ2n) is 4.38. The highest BCUT2D eigenvalue weighted by Gasteiger charge is 2.16. The maximum atomic E-state index is 6.64. The zero-order valence-corrected chi connectivity index (χ0v) is 13.0. The highest BCUT2D eigenvalue weighted by Crippen LogP contribution is 2.40. The van der Waals surface area contributed by atoms with Crippen LogP contribution >= 0.6 is 34.3 Å². The van der Waals surface area contributed by atoms with Crippen molar-refractivity contribution in [3.63, 3.8) is 0 Å². The van der Waals surface area contributed by atoms with E-state index in [2.05, 4.69) is 30.5 Å². The van der Waals surface area contributed by atoms with Crippen LogP contribution < -0.4 is 4.74 Å². The summed E-state index contributed by atoms with van der Waals surface area (Å²) in [6.07, 6.45) is 0. The number of halogens is 1. The molecule has 0 N–H and O–H groups in total. The van der Waals surface area contributed by atoms with Gasteiger partial charge in [0.05, 0.1) is 12.5 Å². The fourth-order valence-corrected chi connectivity index (χ4v) is 4.68. The summed E-state index contributed by atoms with van der Waals surface area (Å²) in [5.41, 5.74) is 2.31. The lowest BCUT2D eigenvalue weighted by atomic mass is 10.0. The summed E-state index contributed by atoms with van der Waals surface area (Å²) in [5, 5.41) is 2.03. The van der Waals surface area contributed by atoms with Crippen LogP contribution in [-0.4, -0.2) is 7.11 Å². The van der Waals surface area contributed by atoms with E-state index in [4.69, 9.17) is 16.3 Å². The minimum Gasteiger partial charge on any atom is -0.497 e. The lowest BCUT2D eigenvalue weighted by Gasteiger charge is -2.12. The molecule has 0 saturated carbocycles. The summed E-state index contributed by atoms with van der Waals surface area (Å²) in [6, 6.07) is 10.4. The van der Waals surface area contributed by atoms with Crippen molar-refractivity contribution in [1.29, 1.82) is 0 Å². The number of rotatable bonds is 3. The first kappa shape index (κ1) is 13.0. The fraction of sp³-hybridized carbons (Fsp3) is 0.200. The molecule has 2 aromatic heterocycles. The number of hydrogen-bond donors (Lipinski definition) is 0. The highest BCUT2D eigenvalue weighted by atomic mass is 35.5. The van der Waals surface area contributed by atoms with Gasteiger partial charge in [0.25, 0.3) is 0 Å². The van der Waals surface area contributed by atoms with Gasteiger partial charge in [0.2, 0.25) is 0 Å². The third-order valence-electron chi connectivity index (χ3n) is 3.16. The number of fused-ring (bicyclic) bond motifs is 1. The topological polar surface area (TPSA) is 9.23 Å². The Bertz CT molecular complexity index is 685. The summed E-state index contributed by atoms with van der Waals surface area (Å²) in [5.74, 6) is 0.872. The number of benzene rings is 1. The van der Waals surface area contributed by atoms with Crippen LogP contribution in [0.4, 0.5) is 0 Å². The van der Waals surface area contributed by atoms with E-state index in [0.29, 0.717) is 0 Å². The monoisotopic (exact) mass is 308 g/mol. The Hall–Kier alpha value is -1.03. The lowest BCUT2D eigenvalue weighted by molar-refractivity contribution is 0.414. The maximum Gasteiger partial charge on any atom is 0.119 e. The van der Waals surface area contributed by atoms with Crippen LogP contribution in [0.25, 0.3) is 9.40 Å². The van der Waals surface area contributed by atoms with Gasteiger partial charge in [-0.25, -0.2) is 0 Å². The van der Waals surface area contributed by atoms with Crippen molar-refractivity contribution in [2.45, 2.75) is 12.3 Å². The highest BCUT2D eigenvalue weighted by molar-refractivity contribution is 7.27. The Morgan fingerprint density at radius 3 is 2.68 bits per heavy atom. The number of ether oxygens (including phenoxy) is 1. The molecule has 2 heterocycles. The molecule has 3 rings (SSSR count). The van der Waals surface area contributed by atoms with Gasteiger partial charge in [-0.2, -0.15) is 0 Å². The van der Waals surface area contributed by atoms with E-state index in [1.54, 1.807) is 29.8 Å². The lowest BCUT2D eigenvalue weighted by Crippen LogP contribution is -1.95. The first-order valence-electron chi connectivity index (χ1n) is 5.94. The number of alkyl halides is 1. The van der Waals surface area contributed by atoms with E-state index in [1.807, 2.05) is 12.1 Å². The van der Waals surface area contributed by atoms with Gasteiger partial charge in [-0.15, -0.1) is 34.3 Å². The standard InChI is InChI=1S/C15H13ClOS2/c1-9-7-10(17-2)3-4-11(9)15(16)14-8-13-12(19-14)5-6-18-13/h3-8,15H,1-2H3. The fourth-order valence-electron chi connectivity index (χ4n) is 2.12. The molecule has 19 heavy (non-hydrogen) atoms. The molecule has 0 aliphatic rings. The first-order chi connectivity index (χ1) is 9.19. The Morgan fingerprint density at radius 1 is 1.16 bits per heavy atom. The van der Waals surface area contributed by atoms with Crippen LogP contribution in [0.15, 0.2) is 35.7 Å². The number of hydrogen-bond acceptors (Lipinski definition) is 3. The van der Waals surface area contributed by atoms with Gasteiger partial charge in [0, 0.05) is 14.3 Å². The molecule has 1 atom stereocenters. The summed E-state index contributed by atoms with van der Waals surface area (Å²) in [4.78, 5) is 1.21. The zero-order valence-electron chi connectivity index (χ0n) is 10.6. The molecule has 0 aliphatic heterocycles. The van der Waals surface area contributed by atoms with E-state index < -0.39 is 0 Å². The summed E-state index contributed by atoms with van der Waals surface area (Å²) >= 11 is 10.2. The molecule has 1 aromatic carbocycles. The minimum absolute atomic E-state index is 0.0875. The molecule has 4 heteroatoms. The second kappa shape index (κ2) is 5.16. The average molecular weight is 309 g/mol. The third-order valence-corrected chi connectivity index (χ3v) is 5.92. The van der Waals surface area contributed by atoms with Crippen LogP contribution in [0.5, 0.6) is 5.75 Å². The first-order valence-corrected chi connectivity index (χ1v) is 8.08. The van der Waals surface area contributed by atoms with Gasteiger partial charge < -0.3 is 4.74 Å². The van der Waals surface area contributed by atoms with Crippen molar-refractivity contribution < 1.29 is 4.74 Å². The Labute approximate surface area is 125 Å².